The highest BCUT2D eigenvalue weighted by molar-refractivity contribution is 5.67. The third-order valence-electron chi connectivity index (χ3n) is 3.19. The van der Waals surface area contributed by atoms with Crippen LogP contribution in [0.25, 0.3) is 0 Å². The predicted molar refractivity (Wildman–Crippen MR) is 88.1 cm³/mol. The first-order chi connectivity index (χ1) is 10.3. The molecule has 0 bridgehead atoms. The lowest BCUT2D eigenvalue weighted by Crippen LogP contribution is -2.28. The number of anilines is 2. The summed E-state index contributed by atoms with van der Waals surface area (Å²) in [5, 5.41) is 3.33. The van der Waals surface area contributed by atoms with Crippen molar-refractivity contribution < 1.29 is 9.47 Å². The van der Waals surface area contributed by atoms with Gasteiger partial charge in [0.05, 0.1) is 6.61 Å². The normalized spacial score (nSPS) is 18.7. The zero-order valence-corrected chi connectivity index (χ0v) is 14.3. The van der Waals surface area contributed by atoms with Gasteiger partial charge in [0.15, 0.2) is 11.6 Å². The van der Waals surface area contributed by atoms with Crippen molar-refractivity contribution in [2.75, 3.05) is 24.3 Å². The Morgan fingerprint density at radius 2 is 2.09 bits per heavy atom. The van der Waals surface area contributed by atoms with Gasteiger partial charge in [0.1, 0.15) is 11.8 Å². The average Bonchev–Trinajstić information content (AvgIpc) is 2.91. The van der Waals surface area contributed by atoms with Crippen LogP contribution in [0.4, 0.5) is 11.5 Å². The van der Waals surface area contributed by atoms with Gasteiger partial charge in [-0.05, 0) is 39.5 Å². The maximum atomic E-state index is 6.19. The van der Waals surface area contributed by atoms with Gasteiger partial charge in [0.25, 0.3) is 0 Å². The Hall–Kier alpha value is -1.56. The van der Waals surface area contributed by atoms with Crippen molar-refractivity contribution in [2.24, 2.45) is 5.92 Å². The smallest absolute Gasteiger partial charge is 0.242 e. The molecule has 2 rings (SSSR count). The number of nitrogen functional groups attached to an aromatic ring is 1. The Labute approximate surface area is 132 Å². The summed E-state index contributed by atoms with van der Waals surface area (Å²) in [6.45, 7) is 11.7. The highest BCUT2D eigenvalue weighted by Gasteiger charge is 2.25. The van der Waals surface area contributed by atoms with Gasteiger partial charge in [-0.2, -0.15) is 4.98 Å². The van der Waals surface area contributed by atoms with Gasteiger partial charge in [-0.3, -0.25) is 0 Å². The monoisotopic (exact) mass is 308 g/mol. The van der Waals surface area contributed by atoms with Crippen LogP contribution in [-0.4, -0.2) is 28.7 Å². The second-order valence-corrected chi connectivity index (χ2v) is 7.23. The Bertz CT molecular complexity index is 506. The minimum atomic E-state index is -0.147. The highest BCUT2D eigenvalue weighted by Crippen LogP contribution is 2.33. The lowest BCUT2D eigenvalue weighted by atomic mass is 10.1. The van der Waals surface area contributed by atoms with E-state index in [1.807, 2.05) is 0 Å². The van der Waals surface area contributed by atoms with E-state index in [4.69, 9.17) is 15.2 Å². The van der Waals surface area contributed by atoms with Gasteiger partial charge in [-0.15, -0.1) is 0 Å². The van der Waals surface area contributed by atoms with Gasteiger partial charge in [-0.25, -0.2) is 4.98 Å². The molecule has 6 heteroatoms. The second-order valence-electron chi connectivity index (χ2n) is 7.23. The molecule has 0 amide bonds. The van der Waals surface area contributed by atoms with E-state index in [0.717, 1.165) is 19.4 Å². The van der Waals surface area contributed by atoms with Crippen LogP contribution in [0.1, 0.15) is 59.4 Å². The van der Waals surface area contributed by atoms with Gasteiger partial charge >= 0.3 is 0 Å². The molecule has 1 unspecified atom stereocenters. The summed E-state index contributed by atoms with van der Waals surface area (Å²) in [7, 11) is 0. The van der Waals surface area contributed by atoms with Crippen molar-refractivity contribution in [1.29, 1.82) is 0 Å². The molecule has 3 N–H and O–H groups in total. The molecule has 1 atom stereocenters. The third kappa shape index (κ3) is 4.47. The van der Waals surface area contributed by atoms with Crippen LogP contribution in [0.5, 0.6) is 5.88 Å². The molecule has 1 aliphatic rings. The molecule has 0 radical (unpaired) electrons. The minimum absolute atomic E-state index is 0.0671. The van der Waals surface area contributed by atoms with Crippen LogP contribution in [-0.2, 0) is 4.74 Å². The van der Waals surface area contributed by atoms with Crippen molar-refractivity contribution in [1.82, 2.24) is 9.97 Å². The molecule has 124 valence electrons. The van der Waals surface area contributed by atoms with Gasteiger partial charge < -0.3 is 20.5 Å². The van der Waals surface area contributed by atoms with Crippen LogP contribution in [0.15, 0.2) is 0 Å². The molecule has 1 aromatic heterocycles. The number of rotatable bonds is 5. The highest BCUT2D eigenvalue weighted by atomic mass is 16.5. The summed E-state index contributed by atoms with van der Waals surface area (Å²) in [5.41, 5.74) is 6.50. The van der Waals surface area contributed by atoms with E-state index in [1.165, 1.54) is 0 Å². The Kier molecular flexibility index (Phi) is 5.11. The zero-order valence-electron chi connectivity index (χ0n) is 14.3. The molecule has 0 spiro atoms. The number of nitrogens with one attached hydrogen (secondary N) is 1. The van der Waals surface area contributed by atoms with Crippen molar-refractivity contribution >= 4 is 11.5 Å². The van der Waals surface area contributed by atoms with Crippen LogP contribution >= 0.6 is 0 Å². The fourth-order valence-corrected chi connectivity index (χ4v) is 2.20. The SMILES string of the molecule is CC(C)COc1nc(C2CCCO2)nc(NC(C)(C)C)c1N. The summed E-state index contributed by atoms with van der Waals surface area (Å²) in [6, 6.07) is 0. The van der Waals surface area contributed by atoms with Crippen molar-refractivity contribution in [2.45, 2.75) is 59.1 Å². The standard InChI is InChI=1S/C16H28N4O2/c1-10(2)9-22-15-12(17)14(20-16(3,4)5)18-13(19-15)11-7-6-8-21-11/h10-11H,6-9,17H2,1-5H3,(H,18,19,20). The summed E-state index contributed by atoms with van der Waals surface area (Å²) in [6.07, 6.45) is 1.90. The number of nitrogens with zero attached hydrogens (tertiary/aromatic N) is 2. The largest absolute Gasteiger partial charge is 0.476 e. The molecule has 0 aliphatic carbocycles. The first kappa shape index (κ1) is 16.8. The molecular formula is C16H28N4O2. The Morgan fingerprint density at radius 1 is 1.36 bits per heavy atom. The van der Waals surface area contributed by atoms with Crippen LogP contribution in [0.3, 0.4) is 0 Å². The van der Waals surface area contributed by atoms with Crippen LogP contribution in [0, 0.1) is 5.92 Å². The summed E-state index contributed by atoms with van der Waals surface area (Å²) in [4.78, 5) is 9.07. The maximum absolute atomic E-state index is 6.19. The van der Waals surface area contributed by atoms with Gasteiger partial charge in [0.2, 0.25) is 5.88 Å². The first-order valence-corrected chi connectivity index (χ1v) is 7.96. The Morgan fingerprint density at radius 3 is 2.64 bits per heavy atom. The lowest BCUT2D eigenvalue weighted by Gasteiger charge is -2.24. The fraction of sp³-hybridized carbons (Fsp3) is 0.750. The second kappa shape index (κ2) is 6.69. The maximum Gasteiger partial charge on any atom is 0.242 e. The van der Waals surface area contributed by atoms with Crippen LogP contribution in [0.2, 0.25) is 0 Å². The van der Waals surface area contributed by atoms with E-state index in [1.54, 1.807) is 0 Å². The molecule has 1 fully saturated rings. The third-order valence-corrected chi connectivity index (χ3v) is 3.19. The van der Waals surface area contributed by atoms with E-state index in [9.17, 15) is 0 Å². The topological polar surface area (TPSA) is 82.3 Å². The fourth-order valence-electron chi connectivity index (χ4n) is 2.20. The number of nitrogens with two attached hydrogens (primary N) is 1. The molecule has 1 saturated heterocycles. The molecule has 1 aliphatic heterocycles. The molecule has 0 aromatic carbocycles. The minimum Gasteiger partial charge on any atom is -0.476 e. The molecule has 0 saturated carbocycles. The van der Waals surface area contributed by atoms with Gasteiger partial charge in [-0.1, -0.05) is 13.8 Å². The van der Waals surface area contributed by atoms with E-state index < -0.39 is 0 Å². The van der Waals surface area contributed by atoms with E-state index in [0.29, 0.717) is 35.7 Å². The van der Waals surface area contributed by atoms with Gasteiger partial charge in [0, 0.05) is 12.1 Å². The molecule has 1 aromatic rings. The number of hydrogen-bond donors (Lipinski definition) is 2. The number of ether oxygens (including phenoxy) is 2. The summed E-state index contributed by atoms with van der Waals surface area (Å²) >= 11 is 0. The predicted octanol–water partition coefficient (Wildman–Crippen LogP) is 3.16. The first-order valence-electron chi connectivity index (χ1n) is 7.96. The molecule has 22 heavy (non-hydrogen) atoms. The summed E-state index contributed by atoms with van der Waals surface area (Å²) < 4.78 is 11.5. The van der Waals surface area contributed by atoms with E-state index >= 15 is 0 Å². The Balaban J connectivity index is 2.33. The lowest BCUT2D eigenvalue weighted by molar-refractivity contribution is 0.104. The van der Waals surface area contributed by atoms with Crippen molar-refractivity contribution in [3.8, 4) is 5.88 Å². The van der Waals surface area contributed by atoms with Crippen molar-refractivity contribution in [3.63, 3.8) is 0 Å². The average molecular weight is 308 g/mol. The quantitative estimate of drug-likeness (QED) is 0.869. The number of hydrogen-bond acceptors (Lipinski definition) is 6. The van der Waals surface area contributed by atoms with Crippen molar-refractivity contribution in [3.05, 3.63) is 5.82 Å². The van der Waals surface area contributed by atoms with E-state index in [-0.39, 0.29) is 11.6 Å². The molecular weight excluding hydrogens is 280 g/mol. The summed E-state index contributed by atoms with van der Waals surface area (Å²) in [5.74, 6) is 2.12. The van der Waals surface area contributed by atoms with E-state index in [2.05, 4.69) is 49.9 Å². The molecule has 6 nitrogen and oxygen atoms in total. The number of aromatic nitrogens is 2. The molecule has 2 heterocycles. The zero-order chi connectivity index (χ0) is 16.3. The van der Waals surface area contributed by atoms with Crippen LogP contribution < -0.4 is 15.8 Å².